The molecule has 5 nitrogen and oxygen atoms in total. The van der Waals surface area contributed by atoms with Gasteiger partial charge in [0.1, 0.15) is 0 Å². The Morgan fingerprint density at radius 3 is 2.48 bits per heavy atom. The minimum atomic E-state index is -0.213. The fourth-order valence-electron chi connectivity index (χ4n) is 7.29. The van der Waals surface area contributed by atoms with Crippen LogP contribution in [-0.4, -0.2) is 28.8 Å². The van der Waals surface area contributed by atoms with E-state index >= 15 is 0 Å². The molecule has 2 aromatic rings. The Bertz CT molecular complexity index is 905. The van der Waals surface area contributed by atoms with Gasteiger partial charge in [0.05, 0.1) is 5.41 Å². The molecule has 154 valence electrons. The van der Waals surface area contributed by atoms with Crippen LogP contribution in [0.15, 0.2) is 22.7 Å². The monoisotopic (exact) mass is 392 g/mol. The van der Waals surface area contributed by atoms with Gasteiger partial charge in [0.25, 0.3) is 0 Å². The van der Waals surface area contributed by atoms with Crippen LogP contribution < -0.4 is 10.6 Å². The topological polar surface area (TPSA) is 68.2 Å². The summed E-state index contributed by atoms with van der Waals surface area (Å²) in [5.74, 6) is 4.34. The summed E-state index contributed by atoms with van der Waals surface area (Å²) in [6, 6.07) is 6.48. The van der Waals surface area contributed by atoms with E-state index in [4.69, 9.17) is 15.2 Å². The van der Waals surface area contributed by atoms with Crippen molar-refractivity contribution in [2.75, 3.05) is 18.0 Å². The number of benzene rings is 1. The summed E-state index contributed by atoms with van der Waals surface area (Å²) < 4.78 is 5.98. The Hall–Kier alpha value is -1.88. The van der Waals surface area contributed by atoms with Crippen molar-refractivity contribution in [3.05, 3.63) is 29.7 Å². The first-order valence-electron chi connectivity index (χ1n) is 11.4. The van der Waals surface area contributed by atoms with E-state index < -0.39 is 0 Å². The van der Waals surface area contributed by atoms with Crippen molar-refractivity contribution in [1.82, 2.24) is 10.1 Å². The molecule has 0 unspecified atom stereocenters. The molecule has 0 radical (unpaired) electrons. The van der Waals surface area contributed by atoms with E-state index in [0.717, 1.165) is 54.5 Å². The molecule has 4 bridgehead atoms. The van der Waals surface area contributed by atoms with Gasteiger partial charge in [-0.3, -0.25) is 0 Å². The van der Waals surface area contributed by atoms with Gasteiger partial charge in [0.2, 0.25) is 11.7 Å². The summed E-state index contributed by atoms with van der Waals surface area (Å²) in [5.41, 5.74) is 10.00. The van der Waals surface area contributed by atoms with Gasteiger partial charge in [-0.2, -0.15) is 4.98 Å². The fourth-order valence-corrected chi connectivity index (χ4v) is 7.29. The zero-order chi connectivity index (χ0) is 19.8. The first kappa shape index (κ1) is 17.9. The maximum Gasteiger partial charge on any atom is 0.233 e. The largest absolute Gasteiger partial charge is 0.369 e. The van der Waals surface area contributed by atoms with Crippen LogP contribution in [0, 0.1) is 17.8 Å². The molecule has 1 aromatic carbocycles. The number of hydrogen-bond donors (Lipinski definition) is 1. The van der Waals surface area contributed by atoms with E-state index in [2.05, 4.69) is 42.1 Å². The minimum Gasteiger partial charge on any atom is -0.369 e. The number of anilines is 1. The quantitative estimate of drug-likeness (QED) is 0.840. The van der Waals surface area contributed by atoms with Gasteiger partial charge in [0, 0.05) is 29.9 Å². The molecule has 1 aliphatic heterocycles. The van der Waals surface area contributed by atoms with Crippen LogP contribution in [0.1, 0.15) is 63.8 Å². The van der Waals surface area contributed by atoms with E-state index in [1.165, 1.54) is 49.8 Å². The van der Waals surface area contributed by atoms with Crippen molar-refractivity contribution in [3.8, 4) is 11.4 Å². The number of fused-ring (bicyclic) bond motifs is 1. The lowest BCUT2D eigenvalue weighted by Gasteiger charge is -2.55. The van der Waals surface area contributed by atoms with Gasteiger partial charge < -0.3 is 15.2 Å². The minimum absolute atomic E-state index is 0.160. The lowest BCUT2D eigenvalue weighted by Crippen LogP contribution is -2.48. The SMILES string of the molecule is CC(C)(N)CN1CCc2c(-c3noc(C45CC6CC(CC(C6)C4)C5)n3)cccc21. The average molecular weight is 393 g/mol. The summed E-state index contributed by atoms with van der Waals surface area (Å²) in [6.07, 6.45) is 9.08. The first-order chi connectivity index (χ1) is 13.9. The van der Waals surface area contributed by atoms with Crippen LogP contribution in [0.3, 0.4) is 0 Å². The molecular formula is C24H32N4O. The predicted octanol–water partition coefficient (Wildman–Crippen LogP) is 4.30. The van der Waals surface area contributed by atoms with Gasteiger partial charge in [-0.05, 0) is 88.2 Å². The van der Waals surface area contributed by atoms with Crippen molar-refractivity contribution >= 4 is 5.69 Å². The highest BCUT2D eigenvalue weighted by Gasteiger charge is 2.54. The second-order valence-electron chi connectivity index (χ2n) is 11.1. The summed E-state index contributed by atoms with van der Waals surface area (Å²) in [4.78, 5) is 7.43. The summed E-state index contributed by atoms with van der Waals surface area (Å²) in [7, 11) is 0. The summed E-state index contributed by atoms with van der Waals surface area (Å²) >= 11 is 0. The molecular weight excluding hydrogens is 360 g/mol. The second kappa shape index (κ2) is 6.07. The van der Waals surface area contributed by atoms with Crippen LogP contribution in [0.2, 0.25) is 0 Å². The molecule has 1 aromatic heterocycles. The van der Waals surface area contributed by atoms with Gasteiger partial charge in [-0.25, -0.2) is 0 Å². The number of nitrogens with two attached hydrogens (primary N) is 1. The molecule has 4 fully saturated rings. The smallest absolute Gasteiger partial charge is 0.233 e. The lowest BCUT2D eigenvalue weighted by molar-refractivity contribution is -0.0201. The molecule has 4 aliphatic carbocycles. The molecule has 5 aliphatic rings. The van der Waals surface area contributed by atoms with Crippen LogP contribution in [0.4, 0.5) is 5.69 Å². The maximum absolute atomic E-state index is 6.29. The van der Waals surface area contributed by atoms with Gasteiger partial charge in [-0.1, -0.05) is 17.3 Å². The van der Waals surface area contributed by atoms with E-state index in [1.807, 2.05) is 0 Å². The van der Waals surface area contributed by atoms with Gasteiger partial charge in [0.15, 0.2) is 0 Å². The van der Waals surface area contributed by atoms with Crippen molar-refractivity contribution in [1.29, 1.82) is 0 Å². The molecule has 4 saturated carbocycles. The maximum atomic E-state index is 6.29. The zero-order valence-corrected chi connectivity index (χ0v) is 17.7. The number of nitrogens with zero attached hydrogens (tertiary/aromatic N) is 3. The molecule has 5 heteroatoms. The Labute approximate surface area is 173 Å². The van der Waals surface area contributed by atoms with Crippen LogP contribution in [0.25, 0.3) is 11.4 Å². The Balaban J connectivity index is 1.33. The zero-order valence-electron chi connectivity index (χ0n) is 17.7. The Morgan fingerprint density at radius 1 is 1.14 bits per heavy atom. The Kier molecular flexibility index (Phi) is 3.75. The summed E-state index contributed by atoms with van der Waals surface area (Å²) in [5, 5.41) is 4.49. The third-order valence-corrected chi connectivity index (χ3v) is 7.88. The third kappa shape index (κ3) is 2.92. The highest BCUT2D eigenvalue weighted by molar-refractivity contribution is 5.73. The van der Waals surface area contributed by atoms with Crippen LogP contribution in [-0.2, 0) is 11.8 Å². The Morgan fingerprint density at radius 2 is 1.83 bits per heavy atom. The highest BCUT2D eigenvalue weighted by Crippen LogP contribution is 2.60. The van der Waals surface area contributed by atoms with Crippen molar-refractivity contribution in [3.63, 3.8) is 0 Å². The summed E-state index contributed by atoms with van der Waals surface area (Å²) in [6.45, 7) is 6.04. The normalized spacial score (nSPS) is 32.8. The first-order valence-corrected chi connectivity index (χ1v) is 11.4. The predicted molar refractivity (Wildman–Crippen MR) is 114 cm³/mol. The van der Waals surface area contributed by atoms with E-state index in [1.54, 1.807) is 0 Å². The van der Waals surface area contributed by atoms with Crippen molar-refractivity contribution < 1.29 is 4.52 Å². The average Bonchev–Trinajstić information content (AvgIpc) is 3.27. The molecule has 2 N–H and O–H groups in total. The molecule has 7 rings (SSSR count). The van der Waals surface area contributed by atoms with Gasteiger partial charge >= 0.3 is 0 Å². The second-order valence-corrected chi connectivity index (χ2v) is 11.1. The fraction of sp³-hybridized carbons (Fsp3) is 0.667. The standard InChI is InChI=1S/C24H32N4O/c1-23(2,25)14-28-7-6-18-19(4-3-5-20(18)28)21-26-22(29-27-21)24-11-15-8-16(12-24)10-17(9-15)13-24/h3-5,15-17H,6-14,25H2,1-2H3. The third-order valence-electron chi connectivity index (χ3n) is 7.88. The van der Waals surface area contributed by atoms with Crippen molar-refractivity contribution in [2.24, 2.45) is 23.5 Å². The number of rotatable bonds is 4. The molecule has 0 atom stereocenters. The molecule has 2 heterocycles. The van der Waals surface area contributed by atoms with E-state index in [-0.39, 0.29) is 11.0 Å². The molecule has 0 spiro atoms. The lowest BCUT2D eigenvalue weighted by atomic mass is 9.49. The molecule has 29 heavy (non-hydrogen) atoms. The van der Waals surface area contributed by atoms with Crippen molar-refractivity contribution in [2.45, 2.75) is 69.7 Å². The number of hydrogen-bond acceptors (Lipinski definition) is 5. The van der Waals surface area contributed by atoms with E-state index in [9.17, 15) is 0 Å². The molecule has 0 amide bonds. The van der Waals surface area contributed by atoms with E-state index in [0.29, 0.717) is 0 Å². The van der Waals surface area contributed by atoms with Crippen LogP contribution in [0.5, 0.6) is 0 Å². The number of aromatic nitrogens is 2. The highest BCUT2D eigenvalue weighted by atomic mass is 16.5. The molecule has 0 saturated heterocycles. The van der Waals surface area contributed by atoms with Gasteiger partial charge in [-0.15, -0.1) is 0 Å². The van der Waals surface area contributed by atoms with Crippen LogP contribution >= 0.6 is 0 Å².